The summed E-state index contributed by atoms with van der Waals surface area (Å²) >= 11 is 18.2. The van der Waals surface area contributed by atoms with Crippen LogP contribution >= 0.6 is 34.8 Å². The second-order valence-corrected chi connectivity index (χ2v) is 5.08. The molecular formula is C14H9Cl3N2O. The maximum atomic E-state index is 8.70. The van der Waals surface area contributed by atoms with Crippen LogP contribution in [-0.2, 0) is 6.42 Å². The van der Waals surface area contributed by atoms with Gasteiger partial charge in [0.15, 0.2) is 0 Å². The van der Waals surface area contributed by atoms with Gasteiger partial charge in [0.2, 0.25) is 5.88 Å². The fourth-order valence-corrected chi connectivity index (χ4v) is 2.39. The van der Waals surface area contributed by atoms with Crippen molar-refractivity contribution in [2.75, 3.05) is 7.11 Å². The maximum absolute atomic E-state index is 8.70. The average Bonchev–Trinajstić information content (AvgIpc) is 2.46. The second-order valence-electron chi connectivity index (χ2n) is 3.92. The summed E-state index contributed by atoms with van der Waals surface area (Å²) in [5.41, 5.74) is 2.00. The summed E-state index contributed by atoms with van der Waals surface area (Å²) in [4.78, 5) is 4.27. The predicted octanol–water partition coefficient (Wildman–Crippen LogP) is 4.78. The molecule has 6 heteroatoms. The molecule has 1 aromatic heterocycles. The average molecular weight is 328 g/mol. The molecule has 0 radical (unpaired) electrons. The highest BCUT2D eigenvalue weighted by atomic mass is 35.5. The zero-order valence-electron chi connectivity index (χ0n) is 10.5. The Balaban J connectivity index is 2.59. The highest BCUT2D eigenvalue weighted by Gasteiger charge is 2.15. The van der Waals surface area contributed by atoms with Crippen LogP contribution in [0.5, 0.6) is 5.88 Å². The van der Waals surface area contributed by atoms with Crippen LogP contribution < -0.4 is 4.74 Å². The molecule has 20 heavy (non-hydrogen) atoms. The number of hydrogen-bond acceptors (Lipinski definition) is 3. The lowest BCUT2D eigenvalue weighted by Gasteiger charge is -2.11. The van der Waals surface area contributed by atoms with E-state index in [4.69, 9.17) is 44.8 Å². The molecule has 1 aromatic carbocycles. The summed E-state index contributed by atoms with van der Waals surface area (Å²) in [7, 11) is 1.51. The van der Waals surface area contributed by atoms with Gasteiger partial charge >= 0.3 is 0 Å². The van der Waals surface area contributed by atoms with E-state index >= 15 is 0 Å². The molecule has 0 atom stereocenters. The molecule has 2 aromatic rings. The minimum Gasteiger partial charge on any atom is -0.481 e. The van der Waals surface area contributed by atoms with E-state index in [-0.39, 0.29) is 11.4 Å². The minimum atomic E-state index is 0.214. The number of aromatic nitrogens is 1. The number of methoxy groups -OCH3 is 1. The van der Waals surface area contributed by atoms with Gasteiger partial charge < -0.3 is 4.74 Å². The Bertz CT molecular complexity index is 696. The predicted molar refractivity (Wildman–Crippen MR) is 80.6 cm³/mol. The van der Waals surface area contributed by atoms with Crippen LogP contribution in [-0.4, -0.2) is 12.1 Å². The van der Waals surface area contributed by atoms with Crippen LogP contribution in [0.15, 0.2) is 24.3 Å². The molecule has 0 unspecified atom stereocenters. The summed E-state index contributed by atoms with van der Waals surface area (Å²) in [6.45, 7) is 0. The zero-order chi connectivity index (χ0) is 14.7. The van der Waals surface area contributed by atoms with Gasteiger partial charge in [-0.2, -0.15) is 5.26 Å². The van der Waals surface area contributed by atoms with E-state index in [0.29, 0.717) is 32.7 Å². The van der Waals surface area contributed by atoms with Gasteiger partial charge in [-0.25, -0.2) is 4.98 Å². The van der Waals surface area contributed by atoms with Gasteiger partial charge in [-0.3, -0.25) is 0 Å². The molecule has 0 saturated carbocycles. The normalized spacial score (nSPS) is 10.2. The molecule has 0 fully saturated rings. The largest absolute Gasteiger partial charge is 0.481 e. The smallest absolute Gasteiger partial charge is 0.221 e. The van der Waals surface area contributed by atoms with Gasteiger partial charge in [0, 0.05) is 11.1 Å². The van der Waals surface area contributed by atoms with Gasteiger partial charge in [-0.1, -0.05) is 40.9 Å². The van der Waals surface area contributed by atoms with E-state index in [1.54, 1.807) is 24.3 Å². The molecule has 0 aliphatic heterocycles. The second kappa shape index (κ2) is 6.32. The number of benzene rings is 1. The first-order valence-corrected chi connectivity index (χ1v) is 6.76. The first-order chi connectivity index (χ1) is 9.58. The number of ether oxygens (including phenoxy) is 1. The molecule has 0 aliphatic carbocycles. The first-order valence-electron chi connectivity index (χ1n) is 5.63. The Morgan fingerprint density at radius 3 is 2.45 bits per heavy atom. The van der Waals surface area contributed by atoms with E-state index in [2.05, 4.69) is 4.98 Å². The fourth-order valence-electron chi connectivity index (χ4n) is 1.75. The van der Waals surface area contributed by atoms with Crippen molar-refractivity contribution in [1.82, 2.24) is 4.98 Å². The topological polar surface area (TPSA) is 45.9 Å². The first kappa shape index (κ1) is 14.9. The summed E-state index contributed by atoms with van der Waals surface area (Å²) < 4.78 is 5.26. The van der Waals surface area contributed by atoms with E-state index < -0.39 is 0 Å². The Kier molecular flexibility index (Phi) is 4.72. The lowest BCUT2D eigenvalue weighted by molar-refractivity contribution is 0.398. The molecular weight excluding hydrogens is 319 g/mol. The molecule has 0 amide bonds. The summed E-state index contributed by atoms with van der Waals surface area (Å²) in [6.07, 6.45) is 0.214. The molecule has 0 bridgehead atoms. The lowest BCUT2D eigenvalue weighted by atomic mass is 10.1. The Labute approximate surface area is 131 Å². The van der Waals surface area contributed by atoms with Gasteiger partial charge in [-0.05, 0) is 18.2 Å². The Hall–Kier alpha value is -1.47. The van der Waals surface area contributed by atoms with Crippen molar-refractivity contribution >= 4 is 34.8 Å². The van der Waals surface area contributed by atoms with Crippen LogP contribution in [0, 0.1) is 11.3 Å². The van der Waals surface area contributed by atoms with Crippen molar-refractivity contribution in [1.29, 1.82) is 5.26 Å². The highest BCUT2D eigenvalue weighted by Crippen LogP contribution is 2.40. The molecule has 1 heterocycles. The van der Waals surface area contributed by atoms with Crippen LogP contribution in [0.2, 0.25) is 15.1 Å². The third kappa shape index (κ3) is 2.83. The third-order valence-corrected chi connectivity index (χ3v) is 3.99. The van der Waals surface area contributed by atoms with Gasteiger partial charge in [0.25, 0.3) is 0 Å². The number of halogens is 3. The summed E-state index contributed by atoms with van der Waals surface area (Å²) in [5, 5.41) is 9.71. The number of rotatable bonds is 3. The fraction of sp³-hybridized carbons (Fsp3) is 0.143. The SMILES string of the molecule is COc1nc(CC#N)ccc1-c1ccc(Cl)c(Cl)c1Cl. The number of hydrogen-bond donors (Lipinski definition) is 0. The quantitative estimate of drug-likeness (QED) is 0.762. The zero-order valence-corrected chi connectivity index (χ0v) is 12.7. The van der Waals surface area contributed by atoms with Crippen molar-refractivity contribution < 1.29 is 4.74 Å². The van der Waals surface area contributed by atoms with Crippen LogP contribution in [0.3, 0.4) is 0 Å². The number of nitrogens with zero attached hydrogens (tertiary/aromatic N) is 2. The van der Waals surface area contributed by atoms with E-state index in [1.165, 1.54) is 7.11 Å². The Morgan fingerprint density at radius 1 is 1.10 bits per heavy atom. The van der Waals surface area contributed by atoms with Gasteiger partial charge in [0.1, 0.15) is 0 Å². The lowest BCUT2D eigenvalue weighted by Crippen LogP contribution is -1.96. The van der Waals surface area contributed by atoms with Gasteiger partial charge in [0.05, 0.1) is 40.4 Å². The van der Waals surface area contributed by atoms with Crippen molar-refractivity contribution in [2.45, 2.75) is 6.42 Å². The third-order valence-electron chi connectivity index (χ3n) is 2.70. The molecule has 2 rings (SSSR count). The summed E-state index contributed by atoms with van der Waals surface area (Å²) in [5.74, 6) is 0.387. The molecule has 3 nitrogen and oxygen atoms in total. The maximum Gasteiger partial charge on any atom is 0.221 e. The van der Waals surface area contributed by atoms with E-state index in [9.17, 15) is 0 Å². The van der Waals surface area contributed by atoms with E-state index in [1.807, 2.05) is 6.07 Å². The molecule has 0 spiro atoms. The van der Waals surface area contributed by atoms with Crippen LogP contribution in [0.4, 0.5) is 0 Å². The van der Waals surface area contributed by atoms with Crippen LogP contribution in [0.1, 0.15) is 5.69 Å². The number of nitriles is 1. The van der Waals surface area contributed by atoms with Crippen molar-refractivity contribution in [2.24, 2.45) is 0 Å². The Morgan fingerprint density at radius 2 is 1.80 bits per heavy atom. The van der Waals surface area contributed by atoms with Crippen molar-refractivity contribution in [3.8, 4) is 23.1 Å². The van der Waals surface area contributed by atoms with Crippen molar-refractivity contribution in [3.05, 3.63) is 45.0 Å². The van der Waals surface area contributed by atoms with Crippen molar-refractivity contribution in [3.63, 3.8) is 0 Å². The monoisotopic (exact) mass is 326 g/mol. The minimum absolute atomic E-state index is 0.214. The molecule has 0 aliphatic rings. The standard InChI is InChI=1S/C14H9Cl3N2O/c1-20-14-10(3-2-8(19-14)6-7-18)9-4-5-11(15)13(17)12(9)16/h2-5H,6H2,1H3. The molecule has 0 saturated heterocycles. The van der Waals surface area contributed by atoms with Crippen LogP contribution in [0.25, 0.3) is 11.1 Å². The highest BCUT2D eigenvalue weighted by molar-refractivity contribution is 6.49. The van der Waals surface area contributed by atoms with Gasteiger partial charge in [-0.15, -0.1) is 0 Å². The molecule has 102 valence electrons. The summed E-state index contributed by atoms with van der Waals surface area (Å²) in [6, 6.07) is 9.00. The van der Waals surface area contributed by atoms with E-state index in [0.717, 1.165) is 0 Å². The molecule has 0 N–H and O–H groups in total. The number of pyridine rings is 1.